The maximum absolute atomic E-state index is 9.03. The van der Waals surface area contributed by atoms with Gasteiger partial charge in [-0.05, 0) is 28.8 Å². The molecule has 0 bridgehead atoms. The molecule has 0 spiro atoms. The minimum Gasteiger partial charge on any atom is -0.396 e. The molecule has 1 atom stereocenters. The lowest BCUT2D eigenvalue weighted by Gasteiger charge is -2.07. The fourth-order valence-electron chi connectivity index (χ4n) is 2.33. The highest BCUT2D eigenvalue weighted by atomic mass is 79.9. The van der Waals surface area contributed by atoms with Crippen molar-refractivity contribution in [3.63, 3.8) is 0 Å². The summed E-state index contributed by atoms with van der Waals surface area (Å²) < 4.78 is 1.96. The molecule has 0 amide bonds. The number of rotatable bonds is 7. The van der Waals surface area contributed by atoms with E-state index in [1.54, 1.807) is 28.9 Å². The summed E-state index contributed by atoms with van der Waals surface area (Å²) in [4.78, 5) is 9.83. The minimum absolute atomic E-state index is 0. The first kappa shape index (κ1) is 23.8. The summed E-state index contributed by atoms with van der Waals surface area (Å²) in [6, 6.07) is 1.75. The number of nitrogens with one attached hydrogen (secondary N) is 1. The van der Waals surface area contributed by atoms with Crippen molar-refractivity contribution in [3.8, 4) is 0 Å². The highest BCUT2D eigenvalue weighted by Crippen LogP contribution is 2.40. The molecule has 0 aliphatic rings. The Balaban J connectivity index is 0.00000169. The zero-order chi connectivity index (χ0) is 17.1. The van der Waals surface area contributed by atoms with E-state index in [2.05, 4.69) is 31.2 Å². The Morgan fingerprint density at radius 3 is 2.81 bits per heavy atom. The van der Waals surface area contributed by atoms with E-state index >= 15 is 0 Å². The van der Waals surface area contributed by atoms with Gasteiger partial charge in [0.2, 0.25) is 0 Å². The highest BCUT2D eigenvalue weighted by Gasteiger charge is 2.17. The molecular formula is C15H18BrCl3N4OS2. The average molecular weight is 521 g/mol. The van der Waals surface area contributed by atoms with E-state index < -0.39 is 0 Å². The Morgan fingerprint density at radius 2 is 2.15 bits per heavy atom. The van der Waals surface area contributed by atoms with E-state index in [1.807, 2.05) is 11.4 Å². The molecule has 4 N–H and O–H groups in total. The number of thiazole rings is 1. The second-order valence-corrected chi connectivity index (χ2v) is 8.53. The van der Waals surface area contributed by atoms with Gasteiger partial charge in [-0.2, -0.15) is 0 Å². The van der Waals surface area contributed by atoms with Crippen LogP contribution in [0.2, 0.25) is 5.15 Å². The molecule has 3 aromatic heterocycles. The summed E-state index contributed by atoms with van der Waals surface area (Å²) in [7, 11) is 0. The predicted octanol–water partition coefficient (Wildman–Crippen LogP) is 4.88. The van der Waals surface area contributed by atoms with Gasteiger partial charge < -0.3 is 16.2 Å². The fourth-order valence-corrected chi connectivity index (χ4v) is 5.12. The van der Waals surface area contributed by atoms with E-state index in [4.69, 9.17) is 22.4 Å². The van der Waals surface area contributed by atoms with E-state index in [9.17, 15) is 0 Å². The maximum Gasteiger partial charge on any atom is 0.131 e. The summed E-state index contributed by atoms with van der Waals surface area (Å²) in [5, 5.41) is 15.8. The number of halogens is 4. The van der Waals surface area contributed by atoms with Crippen LogP contribution >= 0.6 is 75.0 Å². The zero-order valence-corrected chi connectivity index (χ0v) is 19.1. The molecule has 0 unspecified atom stereocenters. The molecule has 3 aromatic rings. The van der Waals surface area contributed by atoms with Crippen molar-refractivity contribution in [2.75, 3.05) is 11.9 Å². The number of aliphatic hydroxyl groups excluding tert-OH is 1. The number of fused-ring (bicyclic) bond motifs is 1. The minimum atomic E-state index is -0.0819. The van der Waals surface area contributed by atoms with E-state index in [1.165, 1.54) is 0 Å². The second-order valence-electron chi connectivity index (χ2n) is 5.27. The van der Waals surface area contributed by atoms with E-state index in [0.29, 0.717) is 24.5 Å². The van der Waals surface area contributed by atoms with Crippen molar-refractivity contribution in [3.05, 3.63) is 37.2 Å². The van der Waals surface area contributed by atoms with Gasteiger partial charge in [-0.15, -0.1) is 47.5 Å². The largest absolute Gasteiger partial charge is 0.396 e. The van der Waals surface area contributed by atoms with Crippen molar-refractivity contribution in [1.82, 2.24) is 9.97 Å². The standard InChI is InChI=1S/C15H16BrClN4OS2.2ClH/c16-13-10(5-8(18)1-3-22)24-15-9(6-11(17)21-14(13)15)20-7-12-19-2-4-23-12;;/h2,4,6,8,22H,1,3,5,7,18H2,(H,20,21);2*1H/t8-;;/m0../s1. The van der Waals surface area contributed by atoms with Crippen LogP contribution in [-0.4, -0.2) is 27.7 Å². The average Bonchev–Trinajstić information content (AvgIpc) is 3.15. The van der Waals surface area contributed by atoms with Crippen molar-refractivity contribution in [2.24, 2.45) is 5.73 Å². The lowest BCUT2D eigenvalue weighted by atomic mass is 10.1. The van der Waals surface area contributed by atoms with Crippen LogP contribution in [0, 0.1) is 0 Å². The van der Waals surface area contributed by atoms with Gasteiger partial charge in [0.25, 0.3) is 0 Å². The lowest BCUT2D eigenvalue weighted by Crippen LogP contribution is -2.23. The van der Waals surface area contributed by atoms with Crippen molar-refractivity contribution < 1.29 is 5.11 Å². The summed E-state index contributed by atoms with van der Waals surface area (Å²) in [6.07, 6.45) is 3.05. The van der Waals surface area contributed by atoms with Gasteiger partial charge in [-0.25, -0.2) is 9.97 Å². The molecule has 3 heterocycles. The van der Waals surface area contributed by atoms with Gasteiger partial charge in [-0.1, -0.05) is 11.6 Å². The van der Waals surface area contributed by atoms with Crippen LogP contribution in [0.15, 0.2) is 22.1 Å². The van der Waals surface area contributed by atoms with E-state index in [-0.39, 0.29) is 37.5 Å². The Labute approximate surface area is 185 Å². The number of pyridine rings is 1. The normalized spacial score (nSPS) is 11.7. The highest BCUT2D eigenvalue weighted by molar-refractivity contribution is 9.10. The van der Waals surface area contributed by atoms with Crippen molar-refractivity contribution >= 4 is 90.9 Å². The molecule has 0 fully saturated rings. The zero-order valence-electron chi connectivity index (χ0n) is 13.4. The van der Waals surface area contributed by atoms with Gasteiger partial charge >= 0.3 is 0 Å². The number of nitrogens with two attached hydrogens (primary N) is 1. The first-order valence-electron chi connectivity index (χ1n) is 7.34. The van der Waals surface area contributed by atoms with Crippen LogP contribution in [0.1, 0.15) is 16.3 Å². The quantitative estimate of drug-likeness (QED) is 0.387. The number of hydrogen-bond acceptors (Lipinski definition) is 7. The molecule has 26 heavy (non-hydrogen) atoms. The number of nitrogens with zero attached hydrogens (tertiary/aromatic N) is 2. The molecule has 5 nitrogen and oxygen atoms in total. The number of hydrogen-bond donors (Lipinski definition) is 3. The van der Waals surface area contributed by atoms with Crippen LogP contribution in [-0.2, 0) is 13.0 Å². The number of thiophene rings is 1. The smallest absolute Gasteiger partial charge is 0.131 e. The molecule has 144 valence electrons. The summed E-state index contributed by atoms with van der Waals surface area (Å²) in [6.45, 7) is 0.733. The number of aromatic nitrogens is 2. The third-order valence-corrected chi connectivity index (χ3v) is 6.81. The third kappa shape index (κ3) is 5.65. The topological polar surface area (TPSA) is 84.1 Å². The molecule has 0 aromatic carbocycles. The van der Waals surface area contributed by atoms with Crippen LogP contribution in [0.4, 0.5) is 5.69 Å². The molecule has 0 aliphatic carbocycles. The predicted molar refractivity (Wildman–Crippen MR) is 120 cm³/mol. The fraction of sp³-hybridized carbons (Fsp3) is 0.333. The molecular weight excluding hydrogens is 503 g/mol. The summed E-state index contributed by atoms with van der Waals surface area (Å²) in [5.41, 5.74) is 7.83. The van der Waals surface area contributed by atoms with Crippen LogP contribution in [0.5, 0.6) is 0 Å². The SMILES string of the molecule is Cl.Cl.N[C@@H](CCO)Cc1sc2c(NCc3nccs3)cc(Cl)nc2c1Br. The Bertz CT molecular complexity index is 832. The Morgan fingerprint density at radius 1 is 1.38 bits per heavy atom. The number of aliphatic hydroxyl groups is 1. The van der Waals surface area contributed by atoms with Crippen LogP contribution < -0.4 is 11.1 Å². The third-order valence-electron chi connectivity index (χ3n) is 3.48. The monoisotopic (exact) mass is 518 g/mol. The molecule has 3 rings (SSSR count). The molecule has 0 radical (unpaired) electrons. The molecule has 0 saturated carbocycles. The summed E-state index contributed by atoms with van der Waals surface area (Å²) in [5.74, 6) is 0. The van der Waals surface area contributed by atoms with Crippen molar-refractivity contribution in [1.29, 1.82) is 0 Å². The van der Waals surface area contributed by atoms with Gasteiger partial charge in [0.1, 0.15) is 10.2 Å². The van der Waals surface area contributed by atoms with Gasteiger partial charge in [0.05, 0.1) is 26.9 Å². The molecule has 0 saturated heterocycles. The van der Waals surface area contributed by atoms with Gasteiger partial charge in [0, 0.05) is 35.2 Å². The van der Waals surface area contributed by atoms with Gasteiger partial charge in [-0.3, -0.25) is 0 Å². The molecule has 11 heteroatoms. The van der Waals surface area contributed by atoms with Crippen molar-refractivity contribution in [2.45, 2.75) is 25.4 Å². The van der Waals surface area contributed by atoms with E-state index in [0.717, 1.165) is 30.3 Å². The molecule has 0 aliphatic heterocycles. The lowest BCUT2D eigenvalue weighted by molar-refractivity contribution is 0.275. The first-order chi connectivity index (χ1) is 11.6. The Kier molecular flexibility index (Phi) is 10.1. The second kappa shape index (κ2) is 11.0. The van der Waals surface area contributed by atoms with Gasteiger partial charge in [0.15, 0.2) is 0 Å². The first-order valence-corrected chi connectivity index (χ1v) is 10.2. The Hall–Kier alpha value is -0.190. The summed E-state index contributed by atoms with van der Waals surface area (Å²) >= 11 is 13.1. The van der Waals surface area contributed by atoms with Crippen LogP contribution in [0.3, 0.4) is 0 Å². The van der Waals surface area contributed by atoms with Crippen LogP contribution in [0.25, 0.3) is 10.2 Å². The maximum atomic E-state index is 9.03. The number of anilines is 1.